The Morgan fingerprint density at radius 3 is 2.54 bits per heavy atom. The number of amides is 1. The van der Waals surface area contributed by atoms with Crippen LogP contribution in [0.1, 0.15) is 27.2 Å². The SMILES string of the molecule is Cc1oc(-n2cccc2)c(C#N)c1C(=O)OCC(=O)Nc1ccccc1C#N. The van der Waals surface area contributed by atoms with Gasteiger partial charge >= 0.3 is 5.97 Å². The van der Waals surface area contributed by atoms with Crippen LogP contribution in [0.3, 0.4) is 0 Å². The van der Waals surface area contributed by atoms with Crippen LogP contribution >= 0.6 is 0 Å². The minimum absolute atomic E-state index is 0.0222. The lowest BCUT2D eigenvalue weighted by Crippen LogP contribution is -2.21. The second-order valence-corrected chi connectivity index (χ2v) is 5.70. The molecule has 0 spiro atoms. The van der Waals surface area contributed by atoms with Crippen molar-refractivity contribution in [3.8, 4) is 18.0 Å². The number of para-hydroxylation sites is 1. The Morgan fingerprint density at radius 2 is 1.86 bits per heavy atom. The Hall–Kier alpha value is -4.30. The van der Waals surface area contributed by atoms with Crippen molar-refractivity contribution in [1.82, 2.24) is 4.57 Å². The Kier molecular flexibility index (Phi) is 5.24. The molecule has 0 bridgehead atoms. The molecule has 0 aliphatic carbocycles. The number of nitrogens with one attached hydrogen (secondary N) is 1. The molecule has 0 atom stereocenters. The number of nitriles is 2. The molecule has 0 unspecified atom stereocenters. The van der Waals surface area contributed by atoms with E-state index in [1.807, 2.05) is 12.1 Å². The highest BCUT2D eigenvalue weighted by molar-refractivity contribution is 5.98. The number of benzene rings is 1. The monoisotopic (exact) mass is 374 g/mol. The molecule has 8 heteroatoms. The average Bonchev–Trinajstić information content (AvgIpc) is 3.33. The summed E-state index contributed by atoms with van der Waals surface area (Å²) in [5.41, 5.74) is 0.597. The lowest BCUT2D eigenvalue weighted by Gasteiger charge is -2.07. The third-order valence-corrected chi connectivity index (χ3v) is 3.88. The second kappa shape index (κ2) is 7.94. The summed E-state index contributed by atoms with van der Waals surface area (Å²) in [6.07, 6.45) is 3.35. The molecule has 8 nitrogen and oxygen atoms in total. The van der Waals surface area contributed by atoms with E-state index in [1.165, 1.54) is 6.92 Å². The van der Waals surface area contributed by atoms with E-state index >= 15 is 0 Å². The number of anilines is 1. The van der Waals surface area contributed by atoms with Gasteiger partial charge in [0.25, 0.3) is 5.91 Å². The van der Waals surface area contributed by atoms with Gasteiger partial charge in [-0.3, -0.25) is 9.36 Å². The minimum atomic E-state index is -0.847. The molecule has 0 saturated heterocycles. The highest BCUT2D eigenvalue weighted by atomic mass is 16.5. The lowest BCUT2D eigenvalue weighted by atomic mass is 10.1. The highest BCUT2D eigenvalue weighted by Gasteiger charge is 2.26. The number of aromatic nitrogens is 1. The summed E-state index contributed by atoms with van der Waals surface area (Å²) in [6, 6.07) is 13.9. The largest absolute Gasteiger partial charge is 0.452 e. The van der Waals surface area contributed by atoms with Crippen molar-refractivity contribution in [1.29, 1.82) is 10.5 Å². The van der Waals surface area contributed by atoms with Crippen LogP contribution in [0.4, 0.5) is 5.69 Å². The third-order valence-electron chi connectivity index (χ3n) is 3.88. The van der Waals surface area contributed by atoms with E-state index < -0.39 is 18.5 Å². The van der Waals surface area contributed by atoms with E-state index in [9.17, 15) is 14.9 Å². The zero-order valence-electron chi connectivity index (χ0n) is 14.8. The number of rotatable bonds is 5. The Morgan fingerprint density at radius 1 is 1.14 bits per heavy atom. The van der Waals surface area contributed by atoms with Crippen molar-refractivity contribution >= 4 is 17.6 Å². The minimum Gasteiger partial charge on any atom is -0.452 e. The molecule has 3 aromatic rings. The molecule has 2 aromatic heterocycles. The number of nitrogens with zero attached hydrogens (tertiary/aromatic N) is 3. The summed E-state index contributed by atoms with van der Waals surface area (Å²) in [4.78, 5) is 24.5. The lowest BCUT2D eigenvalue weighted by molar-refractivity contribution is -0.119. The van der Waals surface area contributed by atoms with E-state index in [4.69, 9.17) is 14.4 Å². The fourth-order valence-electron chi connectivity index (χ4n) is 2.61. The number of carbonyl (C=O) groups is 2. The van der Waals surface area contributed by atoms with Crippen LogP contribution in [0.15, 0.2) is 53.2 Å². The van der Waals surface area contributed by atoms with Crippen LogP contribution < -0.4 is 5.32 Å². The van der Waals surface area contributed by atoms with Gasteiger partial charge in [-0.25, -0.2) is 4.79 Å². The van der Waals surface area contributed by atoms with Crippen molar-refractivity contribution in [2.75, 3.05) is 11.9 Å². The van der Waals surface area contributed by atoms with Gasteiger partial charge in [-0.05, 0) is 31.2 Å². The first-order chi connectivity index (χ1) is 13.5. The molecule has 1 N–H and O–H groups in total. The molecule has 0 radical (unpaired) electrons. The van der Waals surface area contributed by atoms with Gasteiger partial charge in [0.2, 0.25) is 5.88 Å². The third kappa shape index (κ3) is 3.62. The van der Waals surface area contributed by atoms with Crippen LogP contribution in [-0.4, -0.2) is 23.1 Å². The Labute approximate surface area is 160 Å². The van der Waals surface area contributed by atoms with Gasteiger partial charge in [0, 0.05) is 12.4 Å². The van der Waals surface area contributed by atoms with Crippen molar-refractivity contribution < 1.29 is 18.7 Å². The second-order valence-electron chi connectivity index (χ2n) is 5.70. The number of carbonyl (C=O) groups excluding carboxylic acids is 2. The Bertz CT molecular complexity index is 1110. The van der Waals surface area contributed by atoms with Crippen molar-refractivity contribution in [3.05, 3.63) is 71.2 Å². The summed E-state index contributed by atoms with van der Waals surface area (Å²) in [6.45, 7) is 0.959. The molecule has 3 rings (SSSR count). The summed E-state index contributed by atoms with van der Waals surface area (Å²) in [5, 5.41) is 21.0. The predicted molar refractivity (Wildman–Crippen MR) is 97.6 cm³/mol. The van der Waals surface area contributed by atoms with Crippen molar-refractivity contribution in [2.45, 2.75) is 6.92 Å². The van der Waals surface area contributed by atoms with E-state index in [0.29, 0.717) is 5.69 Å². The van der Waals surface area contributed by atoms with Crippen LogP contribution in [0, 0.1) is 29.6 Å². The molecule has 1 amide bonds. The first-order valence-corrected chi connectivity index (χ1v) is 8.18. The van der Waals surface area contributed by atoms with E-state index in [1.54, 1.807) is 53.4 Å². The van der Waals surface area contributed by atoms with Crippen LogP contribution in [-0.2, 0) is 9.53 Å². The summed E-state index contributed by atoms with van der Waals surface area (Å²) in [5.74, 6) is -1.05. The summed E-state index contributed by atoms with van der Waals surface area (Å²) >= 11 is 0. The number of hydrogen-bond acceptors (Lipinski definition) is 6. The molecule has 0 fully saturated rings. The number of hydrogen-bond donors (Lipinski definition) is 1. The Balaban J connectivity index is 1.73. The summed E-state index contributed by atoms with van der Waals surface area (Å²) < 4.78 is 12.1. The van der Waals surface area contributed by atoms with Crippen molar-refractivity contribution in [2.24, 2.45) is 0 Å². The van der Waals surface area contributed by atoms with E-state index in [2.05, 4.69) is 5.32 Å². The molecule has 138 valence electrons. The molecule has 2 heterocycles. The maximum Gasteiger partial charge on any atom is 0.343 e. The topological polar surface area (TPSA) is 121 Å². The van der Waals surface area contributed by atoms with Gasteiger partial charge in [0.05, 0.1) is 11.3 Å². The van der Waals surface area contributed by atoms with Crippen molar-refractivity contribution in [3.63, 3.8) is 0 Å². The maximum atomic E-state index is 12.4. The molecule has 1 aromatic carbocycles. The molecular formula is C20H14N4O4. The molecule has 28 heavy (non-hydrogen) atoms. The number of esters is 1. The first kappa shape index (κ1) is 18.5. The van der Waals surface area contributed by atoms with Gasteiger partial charge in [-0.2, -0.15) is 10.5 Å². The van der Waals surface area contributed by atoms with Crippen LogP contribution in [0.2, 0.25) is 0 Å². The van der Waals surface area contributed by atoms with Gasteiger partial charge in [-0.15, -0.1) is 0 Å². The van der Waals surface area contributed by atoms with Gasteiger partial charge < -0.3 is 14.5 Å². The smallest absolute Gasteiger partial charge is 0.343 e. The van der Waals surface area contributed by atoms with E-state index in [0.717, 1.165) is 0 Å². The summed E-state index contributed by atoms with van der Waals surface area (Å²) in [7, 11) is 0. The number of furan rings is 1. The van der Waals surface area contributed by atoms with Crippen LogP contribution in [0.25, 0.3) is 5.88 Å². The zero-order valence-corrected chi connectivity index (χ0v) is 14.8. The van der Waals surface area contributed by atoms with Gasteiger partial charge in [0.15, 0.2) is 6.61 Å². The highest BCUT2D eigenvalue weighted by Crippen LogP contribution is 2.26. The van der Waals surface area contributed by atoms with Gasteiger partial charge in [0.1, 0.15) is 29.0 Å². The molecule has 0 aliphatic heterocycles. The van der Waals surface area contributed by atoms with Gasteiger partial charge in [-0.1, -0.05) is 12.1 Å². The number of ether oxygens (including phenoxy) is 1. The molecular weight excluding hydrogens is 360 g/mol. The standard InChI is InChI=1S/C20H14N4O4/c1-13-18(15(11-22)19(28-13)24-8-4-5-9-24)20(26)27-12-17(25)23-16-7-3-2-6-14(16)10-21/h2-9H,12H2,1H3,(H,23,25). The predicted octanol–water partition coefficient (Wildman–Crippen LogP) is 2.92. The van der Waals surface area contributed by atoms with E-state index in [-0.39, 0.29) is 28.3 Å². The maximum absolute atomic E-state index is 12.4. The normalized spacial score (nSPS) is 9.96. The quantitative estimate of drug-likeness (QED) is 0.685. The molecule has 0 aliphatic rings. The molecule has 0 saturated carbocycles. The first-order valence-electron chi connectivity index (χ1n) is 8.18. The fourth-order valence-corrected chi connectivity index (χ4v) is 2.61. The zero-order chi connectivity index (χ0) is 20.1. The fraction of sp³-hybridized carbons (Fsp3) is 0.100. The average molecular weight is 374 g/mol. The number of aryl methyl sites for hydroxylation is 1. The van der Waals surface area contributed by atoms with Crippen LogP contribution in [0.5, 0.6) is 0 Å².